The Morgan fingerprint density at radius 3 is 2.79 bits per heavy atom. The van der Waals surface area contributed by atoms with E-state index in [1.807, 2.05) is 21.0 Å². The molecule has 1 rings (SSSR count). The molecule has 1 aromatic rings. The Balaban J connectivity index is 3.04. The highest BCUT2D eigenvalue weighted by molar-refractivity contribution is 5.94. The molecule has 0 atom stereocenters. The molecule has 0 radical (unpaired) electrons. The number of carbonyl (C=O) groups excluding carboxylic acids is 1. The standard InChI is InChI=1S/C13H18N4O2/c1-5-19-13(18)12(16-9-17(3)4)7-11-6-10(2)14-8-15-11/h6-9H,5H2,1-4H3/b12-7-,16-9?. The molecular formula is C13H18N4O2. The van der Waals surface area contributed by atoms with Crippen molar-refractivity contribution in [1.82, 2.24) is 14.9 Å². The third-order valence-corrected chi connectivity index (χ3v) is 2.02. The normalized spacial score (nSPS) is 11.7. The maximum absolute atomic E-state index is 11.8. The van der Waals surface area contributed by atoms with E-state index in [4.69, 9.17) is 4.74 Å². The Morgan fingerprint density at radius 1 is 1.47 bits per heavy atom. The molecule has 0 saturated carbocycles. The largest absolute Gasteiger partial charge is 0.461 e. The molecule has 0 aliphatic heterocycles. The van der Waals surface area contributed by atoms with Gasteiger partial charge in [-0.15, -0.1) is 0 Å². The topological polar surface area (TPSA) is 67.7 Å². The van der Waals surface area contributed by atoms with Crippen LogP contribution in [0.4, 0.5) is 0 Å². The second-order valence-electron chi connectivity index (χ2n) is 4.04. The van der Waals surface area contributed by atoms with Crippen molar-refractivity contribution in [2.75, 3.05) is 20.7 Å². The zero-order valence-corrected chi connectivity index (χ0v) is 11.6. The Kier molecular flexibility index (Phi) is 5.66. The average Bonchev–Trinajstić information content (AvgIpc) is 2.34. The van der Waals surface area contributed by atoms with Gasteiger partial charge in [0.15, 0.2) is 5.70 Å². The summed E-state index contributed by atoms with van der Waals surface area (Å²) in [6.07, 6.45) is 4.56. The lowest BCUT2D eigenvalue weighted by Gasteiger charge is -2.05. The molecule has 0 amide bonds. The van der Waals surface area contributed by atoms with Crippen LogP contribution in [0.5, 0.6) is 0 Å². The monoisotopic (exact) mass is 262 g/mol. The van der Waals surface area contributed by atoms with E-state index in [0.29, 0.717) is 12.3 Å². The van der Waals surface area contributed by atoms with Gasteiger partial charge in [0, 0.05) is 19.8 Å². The molecule has 0 bridgehead atoms. The third-order valence-electron chi connectivity index (χ3n) is 2.02. The van der Waals surface area contributed by atoms with Crippen LogP contribution in [-0.2, 0) is 9.53 Å². The number of aromatic nitrogens is 2. The lowest BCUT2D eigenvalue weighted by atomic mass is 10.3. The molecule has 1 aromatic heterocycles. The summed E-state index contributed by atoms with van der Waals surface area (Å²) in [4.78, 5) is 25.7. The van der Waals surface area contributed by atoms with Gasteiger partial charge in [-0.25, -0.2) is 19.8 Å². The minimum Gasteiger partial charge on any atom is -0.461 e. The molecule has 19 heavy (non-hydrogen) atoms. The first-order chi connectivity index (χ1) is 9.02. The van der Waals surface area contributed by atoms with Crippen LogP contribution in [0.2, 0.25) is 0 Å². The highest BCUT2D eigenvalue weighted by Gasteiger charge is 2.09. The summed E-state index contributed by atoms with van der Waals surface area (Å²) in [7, 11) is 3.64. The van der Waals surface area contributed by atoms with Gasteiger partial charge in [0.2, 0.25) is 0 Å². The molecular weight excluding hydrogens is 244 g/mol. The number of hydrogen-bond donors (Lipinski definition) is 0. The van der Waals surface area contributed by atoms with E-state index in [-0.39, 0.29) is 5.70 Å². The quantitative estimate of drug-likeness (QED) is 0.346. The van der Waals surface area contributed by atoms with Crippen LogP contribution in [0.15, 0.2) is 23.1 Å². The molecule has 0 unspecified atom stereocenters. The molecule has 0 aliphatic carbocycles. The van der Waals surface area contributed by atoms with Crippen LogP contribution in [0.1, 0.15) is 18.3 Å². The van der Waals surface area contributed by atoms with Gasteiger partial charge >= 0.3 is 5.97 Å². The zero-order chi connectivity index (χ0) is 14.3. The molecule has 102 valence electrons. The van der Waals surface area contributed by atoms with Gasteiger partial charge in [0.25, 0.3) is 0 Å². The average molecular weight is 262 g/mol. The van der Waals surface area contributed by atoms with Crippen LogP contribution in [0, 0.1) is 6.92 Å². The number of ether oxygens (including phenoxy) is 1. The van der Waals surface area contributed by atoms with E-state index in [9.17, 15) is 4.79 Å². The molecule has 1 heterocycles. The molecule has 0 spiro atoms. The number of aliphatic imine (C=N–C) groups is 1. The van der Waals surface area contributed by atoms with E-state index in [1.54, 1.807) is 24.0 Å². The number of hydrogen-bond acceptors (Lipinski definition) is 5. The smallest absolute Gasteiger partial charge is 0.357 e. The SMILES string of the molecule is CCOC(=O)/C(=C/c1cc(C)ncn1)N=CN(C)C. The van der Waals surface area contributed by atoms with Gasteiger partial charge in [-0.2, -0.15) is 0 Å². The van der Waals surface area contributed by atoms with E-state index in [0.717, 1.165) is 5.69 Å². The Labute approximate surface area is 112 Å². The van der Waals surface area contributed by atoms with Gasteiger partial charge in [-0.1, -0.05) is 0 Å². The Bertz CT molecular complexity index is 495. The van der Waals surface area contributed by atoms with Gasteiger partial charge in [-0.3, -0.25) is 0 Å². The molecule has 0 saturated heterocycles. The van der Waals surface area contributed by atoms with E-state index in [1.165, 1.54) is 12.7 Å². The molecule has 0 fully saturated rings. The predicted molar refractivity (Wildman–Crippen MR) is 73.6 cm³/mol. The van der Waals surface area contributed by atoms with Crippen molar-refractivity contribution in [1.29, 1.82) is 0 Å². The van der Waals surface area contributed by atoms with Gasteiger partial charge in [-0.05, 0) is 26.0 Å². The molecule has 6 nitrogen and oxygen atoms in total. The maximum Gasteiger partial charge on any atom is 0.357 e. The number of rotatable bonds is 5. The van der Waals surface area contributed by atoms with Crippen molar-refractivity contribution in [2.45, 2.75) is 13.8 Å². The fourth-order valence-electron chi connectivity index (χ4n) is 1.23. The summed E-state index contributed by atoms with van der Waals surface area (Å²) >= 11 is 0. The van der Waals surface area contributed by atoms with E-state index >= 15 is 0 Å². The first-order valence-electron chi connectivity index (χ1n) is 5.91. The third kappa shape index (κ3) is 5.29. The lowest BCUT2D eigenvalue weighted by molar-refractivity contribution is -0.138. The second kappa shape index (κ2) is 7.25. The summed E-state index contributed by atoms with van der Waals surface area (Å²) in [6, 6.07) is 1.77. The Morgan fingerprint density at radius 2 is 2.21 bits per heavy atom. The van der Waals surface area contributed by atoms with Crippen LogP contribution in [0.25, 0.3) is 6.08 Å². The van der Waals surface area contributed by atoms with Crippen LogP contribution < -0.4 is 0 Å². The number of carbonyl (C=O) groups is 1. The van der Waals surface area contributed by atoms with Crippen LogP contribution in [-0.4, -0.2) is 47.9 Å². The summed E-state index contributed by atoms with van der Waals surface area (Å²) in [5.41, 5.74) is 1.64. The summed E-state index contributed by atoms with van der Waals surface area (Å²) in [5.74, 6) is -0.475. The fourth-order valence-corrected chi connectivity index (χ4v) is 1.23. The summed E-state index contributed by atoms with van der Waals surface area (Å²) in [5, 5.41) is 0. The first kappa shape index (κ1) is 14.8. The van der Waals surface area contributed by atoms with Gasteiger partial charge < -0.3 is 9.64 Å². The molecule has 0 aromatic carbocycles. The zero-order valence-electron chi connectivity index (χ0n) is 11.6. The van der Waals surface area contributed by atoms with Crippen LogP contribution in [0.3, 0.4) is 0 Å². The van der Waals surface area contributed by atoms with Crippen molar-refractivity contribution in [2.24, 2.45) is 4.99 Å². The van der Waals surface area contributed by atoms with Gasteiger partial charge in [0.05, 0.1) is 18.6 Å². The number of esters is 1. The summed E-state index contributed by atoms with van der Waals surface area (Å²) < 4.78 is 4.96. The molecule has 6 heteroatoms. The molecule has 0 aliphatic rings. The maximum atomic E-state index is 11.8. The van der Waals surface area contributed by atoms with Crippen LogP contribution >= 0.6 is 0 Å². The second-order valence-corrected chi connectivity index (χ2v) is 4.04. The van der Waals surface area contributed by atoms with Gasteiger partial charge in [0.1, 0.15) is 6.33 Å². The summed E-state index contributed by atoms with van der Waals surface area (Å²) in [6.45, 7) is 3.91. The van der Waals surface area contributed by atoms with Crippen molar-refractivity contribution >= 4 is 18.4 Å². The minimum absolute atomic E-state index is 0.202. The predicted octanol–water partition coefficient (Wildman–Crippen LogP) is 1.28. The Hall–Kier alpha value is -2.24. The highest BCUT2D eigenvalue weighted by atomic mass is 16.5. The van der Waals surface area contributed by atoms with Crippen molar-refractivity contribution in [3.05, 3.63) is 29.5 Å². The van der Waals surface area contributed by atoms with E-state index in [2.05, 4.69) is 15.0 Å². The fraction of sp³-hybridized carbons (Fsp3) is 0.385. The number of aryl methyl sites for hydroxylation is 1. The highest BCUT2D eigenvalue weighted by Crippen LogP contribution is 2.08. The lowest BCUT2D eigenvalue weighted by Crippen LogP contribution is -2.11. The molecule has 0 N–H and O–H groups in total. The van der Waals surface area contributed by atoms with Crippen molar-refractivity contribution < 1.29 is 9.53 Å². The number of nitrogens with zero attached hydrogens (tertiary/aromatic N) is 4. The van der Waals surface area contributed by atoms with Crippen molar-refractivity contribution in [3.63, 3.8) is 0 Å². The van der Waals surface area contributed by atoms with E-state index < -0.39 is 5.97 Å². The van der Waals surface area contributed by atoms with Crippen molar-refractivity contribution in [3.8, 4) is 0 Å². The first-order valence-corrected chi connectivity index (χ1v) is 5.91. The minimum atomic E-state index is -0.475.